The number of rotatable bonds is 8. The lowest BCUT2D eigenvalue weighted by molar-refractivity contribution is 0.425. The number of aliphatic imine (C=N–C) groups is 1. The van der Waals surface area contributed by atoms with Crippen molar-refractivity contribution in [2.75, 3.05) is 6.54 Å². The van der Waals surface area contributed by atoms with Gasteiger partial charge in [0.1, 0.15) is 17.2 Å². The second-order valence-corrected chi connectivity index (χ2v) is 13.9. The lowest BCUT2D eigenvalue weighted by Crippen LogP contribution is -2.16. The van der Waals surface area contributed by atoms with E-state index in [0.717, 1.165) is 39.1 Å². The van der Waals surface area contributed by atoms with Gasteiger partial charge in [-0.1, -0.05) is 76.9 Å². The molecule has 9 heteroatoms. The van der Waals surface area contributed by atoms with Crippen molar-refractivity contribution >= 4 is 31.7 Å². The van der Waals surface area contributed by atoms with Gasteiger partial charge in [0, 0.05) is 23.6 Å². The maximum absolute atomic E-state index is 11.6. The third-order valence-corrected chi connectivity index (χ3v) is 8.05. The Kier molecular flexibility index (Phi) is 9.57. The van der Waals surface area contributed by atoms with E-state index in [1.165, 1.54) is 6.40 Å². The van der Waals surface area contributed by atoms with E-state index in [-0.39, 0.29) is 28.2 Å². The standard InChI is InChI=1S/C34H42N4O3S2/c1-20-15-25(29(39)27(17-20)33(3,4)5)24(26-16-21(2)18-28(30(26)40)34(6,7)8)13-14-35-19-41-23-11-9-22(10-12-23)38-31(42)36-37-32(38)43/h9-12,15-19,24,39-40H,13-14H2,1-8H3,(H,36,42)(H,37,43)/b35-19+. The minimum atomic E-state index is -0.284. The van der Waals surface area contributed by atoms with E-state index in [1.807, 2.05) is 62.4 Å². The van der Waals surface area contributed by atoms with Crippen LogP contribution in [0.2, 0.25) is 0 Å². The number of thiol groups is 2. The molecule has 0 spiro atoms. The predicted molar refractivity (Wildman–Crippen MR) is 179 cm³/mol. The van der Waals surface area contributed by atoms with Gasteiger partial charge in [0.15, 0.2) is 16.7 Å². The van der Waals surface area contributed by atoms with Gasteiger partial charge in [0.05, 0.1) is 5.69 Å². The van der Waals surface area contributed by atoms with E-state index in [4.69, 9.17) is 4.74 Å². The SMILES string of the molecule is Cc1cc(C(CC/N=C/Oc2ccc(-n3c(S)nnc3S)cc2)c2cc(C)cc(C(C)(C)C)c2O)c(O)c(C(C)(C)C)c1. The number of hydrogen-bond acceptors (Lipinski definition) is 8. The van der Waals surface area contributed by atoms with Crippen molar-refractivity contribution in [3.63, 3.8) is 0 Å². The average molecular weight is 619 g/mol. The zero-order chi connectivity index (χ0) is 31.7. The van der Waals surface area contributed by atoms with Crippen LogP contribution in [0.15, 0.2) is 63.8 Å². The first-order valence-corrected chi connectivity index (χ1v) is 15.2. The molecule has 0 unspecified atom stereocenters. The number of phenols is 2. The number of aromatic nitrogens is 3. The predicted octanol–water partition coefficient (Wildman–Crippen LogP) is 8.10. The van der Waals surface area contributed by atoms with Gasteiger partial charge in [-0.3, -0.25) is 9.56 Å². The average Bonchev–Trinajstić information content (AvgIpc) is 3.25. The fraction of sp³-hybridized carbons (Fsp3) is 0.382. The Hall–Kier alpha value is -3.43. The van der Waals surface area contributed by atoms with Crippen LogP contribution < -0.4 is 4.74 Å². The first-order valence-electron chi connectivity index (χ1n) is 14.3. The van der Waals surface area contributed by atoms with Crippen LogP contribution in [-0.4, -0.2) is 37.9 Å². The zero-order valence-electron chi connectivity index (χ0n) is 26.2. The van der Waals surface area contributed by atoms with Gasteiger partial charge in [-0.15, -0.1) is 35.5 Å². The summed E-state index contributed by atoms with van der Waals surface area (Å²) in [5.74, 6) is 0.871. The summed E-state index contributed by atoms with van der Waals surface area (Å²) in [5.41, 5.74) is 5.77. The number of ether oxygens (including phenoxy) is 1. The first kappa shape index (κ1) is 32.5. The van der Waals surface area contributed by atoms with E-state index in [2.05, 4.69) is 82.0 Å². The molecule has 0 aliphatic carbocycles. The van der Waals surface area contributed by atoms with Crippen molar-refractivity contribution in [3.8, 4) is 22.9 Å². The van der Waals surface area contributed by atoms with Crippen molar-refractivity contribution in [3.05, 3.63) is 81.9 Å². The highest BCUT2D eigenvalue weighted by Gasteiger charge is 2.29. The van der Waals surface area contributed by atoms with Crippen molar-refractivity contribution in [2.45, 2.75) is 88.9 Å². The van der Waals surface area contributed by atoms with Crippen molar-refractivity contribution < 1.29 is 14.9 Å². The summed E-state index contributed by atoms with van der Waals surface area (Å²) in [5, 5.41) is 31.9. The fourth-order valence-electron chi connectivity index (χ4n) is 5.29. The highest BCUT2D eigenvalue weighted by Crippen LogP contribution is 2.45. The van der Waals surface area contributed by atoms with Crippen LogP contribution in [0.4, 0.5) is 0 Å². The molecule has 0 aliphatic rings. The molecule has 0 saturated carbocycles. The molecule has 0 aliphatic heterocycles. The first-order chi connectivity index (χ1) is 20.1. The summed E-state index contributed by atoms with van der Waals surface area (Å²) in [4.78, 5) is 4.54. The largest absolute Gasteiger partial charge is 0.507 e. The monoisotopic (exact) mass is 618 g/mol. The molecule has 0 amide bonds. The van der Waals surface area contributed by atoms with Crippen molar-refractivity contribution in [1.29, 1.82) is 0 Å². The maximum Gasteiger partial charge on any atom is 0.193 e. The molecule has 0 saturated heterocycles. The number of nitrogens with zero attached hydrogens (tertiary/aromatic N) is 4. The summed E-state index contributed by atoms with van der Waals surface area (Å²) in [6.07, 6.45) is 2.00. The van der Waals surface area contributed by atoms with Crippen LogP contribution in [-0.2, 0) is 10.8 Å². The molecule has 0 fully saturated rings. The van der Waals surface area contributed by atoms with Crippen molar-refractivity contribution in [2.24, 2.45) is 4.99 Å². The Morgan fingerprint density at radius 3 is 1.72 bits per heavy atom. The van der Waals surface area contributed by atoms with Crippen LogP contribution in [0.1, 0.15) is 87.3 Å². The minimum absolute atomic E-state index is 0.251. The van der Waals surface area contributed by atoms with Gasteiger partial charge in [-0.25, -0.2) is 0 Å². The molecule has 1 aromatic heterocycles. The smallest absolute Gasteiger partial charge is 0.193 e. The number of phenolic OH excluding ortho intramolecular Hbond substituents is 2. The Bertz CT molecular complexity index is 1540. The van der Waals surface area contributed by atoms with E-state index in [1.54, 1.807) is 4.57 Å². The Labute approximate surface area is 265 Å². The van der Waals surface area contributed by atoms with Gasteiger partial charge in [0.25, 0.3) is 0 Å². The van der Waals surface area contributed by atoms with E-state index in [9.17, 15) is 10.2 Å². The maximum atomic E-state index is 11.6. The van der Waals surface area contributed by atoms with Gasteiger partial charge in [0.2, 0.25) is 0 Å². The Balaban J connectivity index is 1.62. The molecule has 7 nitrogen and oxygen atoms in total. The van der Waals surface area contributed by atoms with Gasteiger partial charge in [-0.2, -0.15) is 0 Å². The van der Waals surface area contributed by atoms with Crippen LogP contribution in [0, 0.1) is 13.8 Å². The second-order valence-electron chi connectivity index (χ2n) is 13.1. The normalized spacial score (nSPS) is 12.4. The highest BCUT2D eigenvalue weighted by atomic mass is 32.1. The third-order valence-electron chi connectivity index (χ3n) is 7.47. The molecule has 43 heavy (non-hydrogen) atoms. The molecule has 4 rings (SSSR count). The third kappa shape index (κ3) is 7.39. The zero-order valence-corrected chi connectivity index (χ0v) is 28.0. The lowest BCUT2D eigenvalue weighted by Gasteiger charge is -2.29. The molecule has 0 bridgehead atoms. The summed E-state index contributed by atoms with van der Waals surface area (Å²) < 4.78 is 7.49. The van der Waals surface area contributed by atoms with E-state index < -0.39 is 0 Å². The molecule has 0 radical (unpaired) electrons. The van der Waals surface area contributed by atoms with Gasteiger partial charge >= 0.3 is 0 Å². The van der Waals surface area contributed by atoms with Crippen LogP contribution >= 0.6 is 25.3 Å². The molecular formula is C34H42N4O3S2. The van der Waals surface area contributed by atoms with Crippen molar-refractivity contribution in [1.82, 2.24) is 14.8 Å². The Morgan fingerprint density at radius 1 is 0.814 bits per heavy atom. The lowest BCUT2D eigenvalue weighted by atomic mass is 9.77. The summed E-state index contributed by atoms with van der Waals surface area (Å²) in [6.45, 7) is 17.1. The molecule has 2 N–H and O–H groups in total. The van der Waals surface area contributed by atoms with Crippen LogP contribution in [0.3, 0.4) is 0 Å². The molecule has 3 aromatic carbocycles. The number of aryl methyl sites for hydroxylation is 2. The van der Waals surface area contributed by atoms with Crippen LogP contribution in [0.5, 0.6) is 17.2 Å². The van der Waals surface area contributed by atoms with Gasteiger partial charge < -0.3 is 14.9 Å². The summed E-state index contributed by atoms with van der Waals surface area (Å²) >= 11 is 8.65. The van der Waals surface area contributed by atoms with Crippen LogP contribution in [0.25, 0.3) is 5.69 Å². The molecular weight excluding hydrogens is 577 g/mol. The summed E-state index contributed by atoms with van der Waals surface area (Å²) in [6, 6.07) is 15.5. The minimum Gasteiger partial charge on any atom is -0.507 e. The Morgan fingerprint density at radius 2 is 1.28 bits per heavy atom. The molecule has 0 atom stereocenters. The number of hydrogen-bond donors (Lipinski definition) is 4. The quantitative estimate of drug-likeness (QED) is 0.0910. The highest BCUT2D eigenvalue weighted by molar-refractivity contribution is 7.80. The van der Waals surface area contributed by atoms with Gasteiger partial charge in [-0.05, 0) is 66.5 Å². The summed E-state index contributed by atoms with van der Waals surface area (Å²) in [7, 11) is 0. The molecule has 228 valence electrons. The number of benzene rings is 3. The fourth-order valence-corrected chi connectivity index (χ4v) is 5.88. The molecule has 1 heterocycles. The molecule has 4 aromatic rings. The van der Waals surface area contributed by atoms with E-state index >= 15 is 0 Å². The second kappa shape index (κ2) is 12.7. The number of aromatic hydroxyl groups is 2. The van der Waals surface area contributed by atoms with E-state index in [0.29, 0.717) is 29.0 Å². The topological polar surface area (TPSA) is 92.8 Å².